The normalized spacial score (nSPS) is 14.1. The Balaban J connectivity index is 2.88. The molecule has 0 heterocycles. The fraction of sp³-hybridized carbons (Fsp3) is 0.273. The lowest BCUT2D eigenvalue weighted by Crippen LogP contribution is -2.64. The number of methoxy groups -OCH3 is 2. The Kier molecular flexibility index (Phi) is 8.27. The van der Waals surface area contributed by atoms with Crippen LogP contribution in [0, 0.1) is 0 Å². The molecule has 2 atom stereocenters. The van der Waals surface area contributed by atoms with E-state index in [0.717, 1.165) is 0 Å². The summed E-state index contributed by atoms with van der Waals surface area (Å²) in [5, 5.41) is 4.50. The Bertz CT molecular complexity index is 905. The lowest BCUT2D eigenvalue weighted by atomic mass is 9.70. The van der Waals surface area contributed by atoms with Gasteiger partial charge < -0.3 is 9.47 Å². The van der Waals surface area contributed by atoms with Crippen molar-refractivity contribution in [1.82, 2.24) is 0 Å². The second kappa shape index (κ2) is 10.7. The third kappa shape index (κ3) is 4.58. The van der Waals surface area contributed by atoms with E-state index in [9.17, 15) is 9.59 Å². The van der Waals surface area contributed by atoms with E-state index in [1.807, 2.05) is 12.1 Å². The number of esters is 2. The Hall–Kier alpha value is -3.02. The third-order valence-corrected chi connectivity index (χ3v) is 4.99. The zero-order valence-electron chi connectivity index (χ0n) is 16.5. The number of rotatable bonds is 9. The molecule has 0 amide bonds. The van der Waals surface area contributed by atoms with Crippen molar-refractivity contribution in [2.24, 2.45) is 9.98 Å². The van der Waals surface area contributed by atoms with Gasteiger partial charge in [0.2, 0.25) is 11.1 Å². The van der Waals surface area contributed by atoms with Gasteiger partial charge in [0.25, 0.3) is 0 Å². The first-order valence-electron chi connectivity index (χ1n) is 8.92. The van der Waals surface area contributed by atoms with Crippen molar-refractivity contribution in [3.63, 3.8) is 0 Å². The van der Waals surface area contributed by atoms with Crippen LogP contribution >= 0.6 is 24.4 Å². The van der Waals surface area contributed by atoms with Gasteiger partial charge in [-0.05, 0) is 35.6 Å². The van der Waals surface area contributed by atoms with Crippen LogP contribution in [0.1, 0.15) is 11.1 Å². The molecule has 2 rings (SSSR count). The summed E-state index contributed by atoms with van der Waals surface area (Å²) in [6.45, 7) is 0. The van der Waals surface area contributed by atoms with Crippen LogP contribution in [0.3, 0.4) is 0 Å². The summed E-state index contributed by atoms with van der Waals surface area (Å²) in [6.07, 6.45) is -0.0980. The van der Waals surface area contributed by atoms with Gasteiger partial charge in [0.1, 0.15) is 0 Å². The maximum absolute atomic E-state index is 13.2. The summed E-state index contributed by atoms with van der Waals surface area (Å²) in [6, 6.07) is 18.1. The van der Waals surface area contributed by atoms with E-state index in [0.29, 0.717) is 11.1 Å². The van der Waals surface area contributed by atoms with Gasteiger partial charge in [-0.25, -0.2) is 19.6 Å². The number of thiocarbonyl (C=S) groups is 2. The van der Waals surface area contributed by atoms with E-state index in [1.165, 1.54) is 14.2 Å². The summed E-state index contributed by atoms with van der Waals surface area (Å²) in [5.41, 5.74) is -2.42. The van der Waals surface area contributed by atoms with Crippen LogP contribution in [0.2, 0.25) is 0 Å². The fourth-order valence-electron chi connectivity index (χ4n) is 3.41. The number of nitrogens with zero attached hydrogens (tertiary/aromatic N) is 2. The van der Waals surface area contributed by atoms with Crippen molar-refractivity contribution >= 4 is 46.7 Å². The summed E-state index contributed by atoms with van der Waals surface area (Å²) in [5.74, 6) is -1.64. The summed E-state index contributed by atoms with van der Waals surface area (Å²) in [4.78, 5) is 34.8. The van der Waals surface area contributed by atoms with Crippen LogP contribution in [0.5, 0.6) is 0 Å². The van der Waals surface area contributed by atoms with E-state index >= 15 is 0 Å². The van der Waals surface area contributed by atoms with Crippen molar-refractivity contribution in [1.29, 1.82) is 0 Å². The minimum atomic E-state index is -1.92. The molecule has 30 heavy (non-hydrogen) atoms. The first-order valence-corrected chi connectivity index (χ1v) is 9.74. The Labute approximate surface area is 185 Å². The van der Waals surface area contributed by atoms with Crippen molar-refractivity contribution in [2.75, 3.05) is 14.2 Å². The lowest BCUT2D eigenvalue weighted by molar-refractivity contribution is -0.161. The Morgan fingerprint density at radius 2 is 1.10 bits per heavy atom. The second-order valence-corrected chi connectivity index (χ2v) is 6.80. The molecule has 2 aromatic carbocycles. The van der Waals surface area contributed by atoms with Gasteiger partial charge in [-0.2, -0.15) is 0 Å². The molecule has 0 aliphatic rings. The molecule has 0 saturated carbocycles. The molecule has 0 spiro atoms. The highest BCUT2D eigenvalue weighted by Gasteiger charge is 2.64. The van der Waals surface area contributed by atoms with Crippen molar-refractivity contribution < 1.29 is 19.1 Å². The van der Waals surface area contributed by atoms with Crippen LogP contribution in [0.25, 0.3) is 0 Å². The van der Waals surface area contributed by atoms with Crippen LogP contribution < -0.4 is 0 Å². The minimum absolute atomic E-state index is 0.0490. The number of carbonyl (C=O) groups is 2. The molecule has 0 saturated heterocycles. The first-order chi connectivity index (χ1) is 14.5. The van der Waals surface area contributed by atoms with Crippen molar-refractivity contribution in [3.05, 3.63) is 71.8 Å². The molecule has 0 fully saturated rings. The first kappa shape index (κ1) is 23.3. The van der Waals surface area contributed by atoms with Gasteiger partial charge in [0.05, 0.1) is 24.5 Å². The predicted molar refractivity (Wildman–Crippen MR) is 120 cm³/mol. The van der Waals surface area contributed by atoms with E-state index in [2.05, 4.69) is 20.3 Å². The zero-order chi connectivity index (χ0) is 22.0. The monoisotopic (exact) mass is 440 g/mol. The molecule has 0 aliphatic carbocycles. The van der Waals surface area contributed by atoms with Gasteiger partial charge in [-0.3, -0.25) is 0 Å². The molecule has 0 aromatic heterocycles. The zero-order valence-corrected chi connectivity index (χ0v) is 18.2. The summed E-state index contributed by atoms with van der Waals surface area (Å²) in [7, 11) is 2.40. The van der Waals surface area contributed by atoms with Gasteiger partial charge in [0, 0.05) is 12.8 Å². The third-order valence-electron chi connectivity index (χ3n) is 4.81. The number of carbonyl (C=O) groups excluding carboxylic acids is 2. The summed E-state index contributed by atoms with van der Waals surface area (Å²) >= 11 is 9.72. The number of hydrogen-bond acceptors (Lipinski definition) is 8. The average Bonchev–Trinajstić information content (AvgIpc) is 2.78. The molecular formula is C22H20N2O4S2. The molecule has 2 unspecified atom stereocenters. The molecule has 0 N–H and O–H groups in total. The standard InChI is InChI=1S/C22H20N2O4S2/c1-27-19(25)21(23-15-29,13-17-9-5-3-6-10-17)22(24-16-30,20(26)28-2)14-18-11-7-4-8-12-18/h3-12H,13-14H2,1-2H3. The molecule has 0 bridgehead atoms. The van der Waals surface area contributed by atoms with Crippen LogP contribution in [0.15, 0.2) is 70.6 Å². The van der Waals surface area contributed by atoms with Gasteiger partial charge >= 0.3 is 11.9 Å². The van der Waals surface area contributed by atoms with E-state index in [4.69, 9.17) is 33.9 Å². The quantitative estimate of drug-likeness (QED) is 0.337. The van der Waals surface area contributed by atoms with Gasteiger partial charge in [-0.15, -0.1) is 0 Å². The largest absolute Gasteiger partial charge is 0.467 e. The van der Waals surface area contributed by atoms with E-state index in [-0.39, 0.29) is 12.8 Å². The second-order valence-electron chi connectivity index (χ2n) is 6.43. The molecule has 0 aliphatic heterocycles. The number of isothiocyanates is 2. The maximum atomic E-state index is 13.2. The average molecular weight is 441 g/mol. The lowest BCUT2D eigenvalue weighted by Gasteiger charge is -2.39. The van der Waals surface area contributed by atoms with Crippen molar-refractivity contribution in [3.8, 4) is 0 Å². The SMILES string of the molecule is COC(=O)C(Cc1ccccc1)(N=C=S)C(Cc1ccccc1)(N=C=S)C(=O)OC. The molecule has 154 valence electrons. The molecule has 6 nitrogen and oxygen atoms in total. The highest BCUT2D eigenvalue weighted by molar-refractivity contribution is 7.78. The molecule has 0 radical (unpaired) electrons. The molecule has 8 heteroatoms. The number of benzene rings is 2. The van der Waals surface area contributed by atoms with Crippen molar-refractivity contribution in [2.45, 2.75) is 23.9 Å². The van der Waals surface area contributed by atoms with E-state index < -0.39 is 23.0 Å². The minimum Gasteiger partial charge on any atom is -0.467 e. The Morgan fingerprint density at radius 1 is 0.767 bits per heavy atom. The summed E-state index contributed by atoms with van der Waals surface area (Å²) < 4.78 is 10.2. The molecular weight excluding hydrogens is 420 g/mol. The van der Waals surface area contributed by atoms with Gasteiger partial charge in [-0.1, -0.05) is 60.7 Å². The number of aliphatic imine (C=N–C) groups is 2. The highest BCUT2D eigenvalue weighted by Crippen LogP contribution is 2.39. The number of hydrogen-bond donors (Lipinski definition) is 0. The fourth-order valence-corrected chi connectivity index (χ4v) is 3.72. The predicted octanol–water partition coefficient (Wildman–Crippen LogP) is 3.50. The topological polar surface area (TPSA) is 77.3 Å². The van der Waals surface area contributed by atoms with Crippen LogP contribution in [0.4, 0.5) is 0 Å². The highest BCUT2D eigenvalue weighted by atomic mass is 32.1. The van der Waals surface area contributed by atoms with Crippen LogP contribution in [-0.4, -0.2) is 47.6 Å². The molecule has 2 aromatic rings. The number of ether oxygens (including phenoxy) is 2. The Morgan fingerprint density at radius 3 is 1.37 bits per heavy atom. The van der Waals surface area contributed by atoms with Gasteiger partial charge in [0.15, 0.2) is 0 Å². The van der Waals surface area contributed by atoms with E-state index in [1.54, 1.807) is 48.5 Å². The smallest absolute Gasteiger partial charge is 0.338 e. The maximum Gasteiger partial charge on any atom is 0.338 e. The van der Waals surface area contributed by atoms with Crippen LogP contribution in [-0.2, 0) is 31.9 Å².